The van der Waals surface area contributed by atoms with Crippen LogP contribution >= 0.6 is 11.6 Å². The van der Waals surface area contributed by atoms with Gasteiger partial charge in [0.2, 0.25) is 0 Å². The highest BCUT2D eigenvalue weighted by molar-refractivity contribution is 6.32. The molecule has 1 N–H and O–H groups in total. The van der Waals surface area contributed by atoms with Gasteiger partial charge in [0.25, 0.3) is 5.69 Å². The molecule has 0 fully saturated rings. The maximum absolute atomic E-state index is 10.8. The Morgan fingerprint density at radius 2 is 2.00 bits per heavy atom. The second kappa shape index (κ2) is 7.20. The van der Waals surface area contributed by atoms with Crippen molar-refractivity contribution < 1.29 is 4.92 Å². The molecule has 4 nitrogen and oxygen atoms in total. The SMILES string of the molecule is Cc1ccccc1CCNCc1ccc(Cl)c([N+](=O)[O-])c1. The van der Waals surface area contributed by atoms with E-state index in [9.17, 15) is 10.1 Å². The number of nitrogens with one attached hydrogen (secondary N) is 1. The van der Waals surface area contributed by atoms with Crippen molar-refractivity contribution in [2.24, 2.45) is 0 Å². The van der Waals surface area contributed by atoms with E-state index in [0.717, 1.165) is 18.5 Å². The van der Waals surface area contributed by atoms with Gasteiger partial charge in [-0.1, -0.05) is 41.9 Å². The van der Waals surface area contributed by atoms with Gasteiger partial charge >= 0.3 is 0 Å². The molecule has 0 heterocycles. The van der Waals surface area contributed by atoms with E-state index in [-0.39, 0.29) is 10.7 Å². The molecule has 5 heteroatoms. The lowest BCUT2D eigenvalue weighted by Crippen LogP contribution is -2.17. The highest BCUT2D eigenvalue weighted by Crippen LogP contribution is 2.24. The lowest BCUT2D eigenvalue weighted by atomic mass is 10.1. The third-order valence-electron chi connectivity index (χ3n) is 3.37. The van der Waals surface area contributed by atoms with Gasteiger partial charge in [-0.3, -0.25) is 10.1 Å². The molecule has 0 aliphatic heterocycles. The summed E-state index contributed by atoms with van der Waals surface area (Å²) in [5.41, 5.74) is 3.40. The molecule has 0 bridgehead atoms. The van der Waals surface area contributed by atoms with Crippen molar-refractivity contribution in [3.05, 3.63) is 74.3 Å². The van der Waals surface area contributed by atoms with E-state index in [2.05, 4.69) is 24.4 Å². The van der Waals surface area contributed by atoms with Gasteiger partial charge < -0.3 is 5.32 Å². The monoisotopic (exact) mass is 304 g/mol. The van der Waals surface area contributed by atoms with Crippen LogP contribution in [0, 0.1) is 17.0 Å². The Bertz CT molecular complexity index is 644. The highest BCUT2D eigenvalue weighted by atomic mass is 35.5. The van der Waals surface area contributed by atoms with Crippen LogP contribution in [0.3, 0.4) is 0 Å². The van der Waals surface area contributed by atoms with Crippen molar-refractivity contribution in [3.8, 4) is 0 Å². The fourth-order valence-electron chi connectivity index (χ4n) is 2.15. The van der Waals surface area contributed by atoms with E-state index in [0.29, 0.717) is 6.54 Å². The second-order valence-corrected chi connectivity index (χ2v) is 5.30. The summed E-state index contributed by atoms with van der Waals surface area (Å²) in [4.78, 5) is 10.4. The van der Waals surface area contributed by atoms with Crippen LogP contribution in [0.15, 0.2) is 42.5 Å². The number of nitro groups is 1. The molecule has 2 aromatic carbocycles. The third-order valence-corrected chi connectivity index (χ3v) is 3.69. The van der Waals surface area contributed by atoms with E-state index in [1.54, 1.807) is 12.1 Å². The number of hydrogen-bond donors (Lipinski definition) is 1. The average molecular weight is 305 g/mol. The lowest BCUT2D eigenvalue weighted by Gasteiger charge is -2.07. The number of hydrogen-bond acceptors (Lipinski definition) is 3. The van der Waals surface area contributed by atoms with Crippen LogP contribution in [-0.2, 0) is 13.0 Å². The molecule has 110 valence electrons. The molecule has 0 aromatic heterocycles. The Kier molecular flexibility index (Phi) is 5.31. The van der Waals surface area contributed by atoms with Crippen LogP contribution in [0.2, 0.25) is 5.02 Å². The molecule has 0 saturated carbocycles. The summed E-state index contributed by atoms with van der Waals surface area (Å²) >= 11 is 5.79. The topological polar surface area (TPSA) is 55.2 Å². The van der Waals surface area contributed by atoms with Gasteiger partial charge in [-0.25, -0.2) is 0 Å². The number of benzene rings is 2. The normalized spacial score (nSPS) is 10.6. The molecule has 0 aliphatic rings. The third kappa shape index (κ3) is 4.28. The van der Waals surface area contributed by atoms with Crippen molar-refractivity contribution in [3.63, 3.8) is 0 Å². The van der Waals surface area contributed by atoms with Gasteiger partial charge in [0.05, 0.1) is 4.92 Å². The Hall–Kier alpha value is -1.91. The van der Waals surface area contributed by atoms with E-state index in [4.69, 9.17) is 11.6 Å². The standard InChI is InChI=1S/C16H17ClN2O2/c1-12-4-2-3-5-14(12)8-9-18-11-13-6-7-15(17)16(10-13)19(20)21/h2-7,10,18H,8-9,11H2,1H3. The number of nitrogens with zero attached hydrogens (tertiary/aromatic N) is 1. The van der Waals surface area contributed by atoms with Crippen LogP contribution in [0.25, 0.3) is 0 Å². The Labute approximate surface area is 128 Å². The first kappa shape index (κ1) is 15.5. The zero-order valence-electron chi connectivity index (χ0n) is 11.8. The summed E-state index contributed by atoms with van der Waals surface area (Å²) in [7, 11) is 0. The van der Waals surface area contributed by atoms with E-state index in [1.807, 2.05) is 12.1 Å². The van der Waals surface area contributed by atoms with E-state index in [1.165, 1.54) is 17.2 Å². The highest BCUT2D eigenvalue weighted by Gasteiger charge is 2.12. The maximum atomic E-state index is 10.8. The van der Waals surface area contributed by atoms with Crippen LogP contribution in [-0.4, -0.2) is 11.5 Å². The quantitative estimate of drug-likeness (QED) is 0.500. The van der Waals surface area contributed by atoms with Gasteiger partial charge in [0.1, 0.15) is 5.02 Å². The average Bonchev–Trinajstić information content (AvgIpc) is 2.46. The van der Waals surface area contributed by atoms with Crippen molar-refractivity contribution in [2.75, 3.05) is 6.54 Å². The van der Waals surface area contributed by atoms with Gasteiger partial charge in [0.15, 0.2) is 0 Å². The fraction of sp³-hybridized carbons (Fsp3) is 0.250. The Morgan fingerprint density at radius 1 is 1.24 bits per heavy atom. The molecular weight excluding hydrogens is 288 g/mol. The summed E-state index contributed by atoms with van der Waals surface area (Å²) in [5.74, 6) is 0. The minimum Gasteiger partial charge on any atom is -0.312 e. The minimum atomic E-state index is -0.459. The molecule has 0 radical (unpaired) electrons. The van der Waals surface area contributed by atoms with Gasteiger partial charge in [-0.15, -0.1) is 0 Å². The molecule has 0 saturated heterocycles. The number of aryl methyl sites for hydroxylation is 1. The first-order valence-corrected chi connectivity index (χ1v) is 7.14. The molecular formula is C16H17ClN2O2. The first-order chi connectivity index (χ1) is 10.1. The number of rotatable bonds is 6. The summed E-state index contributed by atoms with van der Waals surface area (Å²) in [6, 6.07) is 13.2. The van der Waals surface area contributed by atoms with Gasteiger partial charge in [-0.2, -0.15) is 0 Å². The second-order valence-electron chi connectivity index (χ2n) is 4.90. The molecule has 2 aromatic rings. The predicted molar refractivity (Wildman–Crippen MR) is 84.7 cm³/mol. The number of nitro benzene ring substituents is 1. The summed E-state index contributed by atoms with van der Waals surface area (Å²) in [5, 5.41) is 14.3. The predicted octanol–water partition coefficient (Wildman–Crippen LogP) is 3.89. The molecule has 2 rings (SSSR count). The van der Waals surface area contributed by atoms with Crippen LogP contribution in [0.4, 0.5) is 5.69 Å². The zero-order valence-corrected chi connectivity index (χ0v) is 12.6. The van der Waals surface area contributed by atoms with Gasteiger partial charge in [-0.05, 0) is 42.6 Å². The van der Waals surface area contributed by atoms with E-state index >= 15 is 0 Å². The Morgan fingerprint density at radius 3 is 2.71 bits per heavy atom. The van der Waals surface area contributed by atoms with Gasteiger partial charge in [0, 0.05) is 12.6 Å². The maximum Gasteiger partial charge on any atom is 0.288 e. The first-order valence-electron chi connectivity index (χ1n) is 6.76. The van der Waals surface area contributed by atoms with Crippen LogP contribution < -0.4 is 5.32 Å². The molecule has 21 heavy (non-hydrogen) atoms. The van der Waals surface area contributed by atoms with Crippen LogP contribution in [0.5, 0.6) is 0 Å². The summed E-state index contributed by atoms with van der Waals surface area (Å²) < 4.78 is 0. The zero-order chi connectivity index (χ0) is 15.2. The molecule has 0 spiro atoms. The smallest absolute Gasteiger partial charge is 0.288 e. The van der Waals surface area contributed by atoms with Crippen molar-refractivity contribution in [1.29, 1.82) is 0 Å². The largest absolute Gasteiger partial charge is 0.312 e. The van der Waals surface area contributed by atoms with Crippen molar-refractivity contribution >= 4 is 17.3 Å². The van der Waals surface area contributed by atoms with E-state index < -0.39 is 4.92 Å². The lowest BCUT2D eigenvalue weighted by molar-refractivity contribution is -0.384. The van der Waals surface area contributed by atoms with Crippen molar-refractivity contribution in [2.45, 2.75) is 19.9 Å². The molecule has 0 amide bonds. The summed E-state index contributed by atoms with van der Waals surface area (Å²) in [6.07, 6.45) is 0.933. The molecule has 0 atom stereocenters. The number of halogens is 1. The Balaban J connectivity index is 1.88. The van der Waals surface area contributed by atoms with Crippen molar-refractivity contribution in [1.82, 2.24) is 5.32 Å². The molecule has 0 unspecified atom stereocenters. The van der Waals surface area contributed by atoms with Crippen LogP contribution in [0.1, 0.15) is 16.7 Å². The minimum absolute atomic E-state index is 0.0464. The fourth-order valence-corrected chi connectivity index (χ4v) is 2.34. The summed E-state index contributed by atoms with van der Waals surface area (Å²) in [6.45, 7) is 3.50. The molecule has 0 aliphatic carbocycles.